The van der Waals surface area contributed by atoms with Gasteiger partial charge < -0.3 is 0 Å². The Bertz CT molecular complexity index is 450. The van der Waals surface area contributed by atoms with Crippen molar-refractivity contribution in [1.29, 1.82) is 0 Å². The molecule has 0 radical (unpaired) electrons. The molecule has 0 fully saturated rings. The third-order valence-corrected chi connectivity index (χ3v) is 3.05. The molecule has 0 bridgehead atoms. The molecule has 0 aliphatic rings. The van der Waals surface area contributed by atoms with Crippen LogP contribution in [0.3, 0.4) is 0 Å². The summed E-state index contributed by atoms with van der Waals surface area (Å²) in [6.07, 6.45) is 5.69. The Balaban J connectivity index is 1.92. The minimum atomic E-state index is -0.170. The molecule has 0 saturated heterocycles. The Morgan fingerprint density at radius 3 is 2.35 bits per heavy atom. The number of hydrogen-bond donors (Lipinski definition) is 0. The Labute approximate surface area is 101 Å². The van der Waals surface area contributed by atoms with Crippen molar-refractivity contribution in [1.82, 2.24) is 4.98 Å². The fourth-order valence-electron chi connectivity index (χ4n) is 1.89. The predicted molar refractivity (Wildman–Crippen MR) is 67.4 cm³/mol. The van der Waals surface area contributed by atoms with Crippen LogP contribution < -0.4 is 0 Å². The van der Waals surface area contributed by atoms with Crippen LogP contribution in [-0.2, 0) is 6.42 Å². The van der Waals surface area contributed by atoms with Gasteiger partial charge in [0.15, 0.2) is 0 Å². The molecular formula is C15H16FN. The summed E-state index contributed by atoms with van der Waals surface area (Å²) in [6.45, 7) is 2.21. The lowest BCUT2D eigenvalue weighted by molar-refractivity contribution is 0.625. The lowest BCUT2D eigenvalue weighted by Crippen LogP contribution is -1.96. The molecule has 88 valence electrons. The third kappa shape index (κ3) is 3.38. The second-order valence-electron chi connectivity index (χ2n) is 4.35. The van der Waals surface area contributed by atoms with E-state index >= 15 is 0 Å². The summed E-state index contributed by atoms with van der Waals surface area (Å²) in [5.74, 6) is 0.332. The second-order valence-corrected chi connectivity index (χ2v) is 4.35. The van der Waals surface area contributed by atoms with Gasteiger partial charge in [-0.05, 0) is 54.2 Å². The van der Waals surface area contributed by atoms with Crippen LogP contribution in [0, 0.1) is 5.82 Å². The van der Waals surface area contributed by atoms with Crippen molar-refractivity contribution in [3.8, 4) is 0 Å². The number of nitrogens with zero attached hydrogens (tertiary/aromatic N) is 1. The molecule has 0 N–H and O–H groups in total. The van der Waals surface area contributed by atoms with Gasteiger partial charge in [0.25, 0.3) is 0 Å². The maximum absolute atomic E-state index is 12.7. The van der Waals surface area contributed by atoms with E-state index in [1.54, 1.807) is 0 Å². The van der Waals surface area contributed by atoms with Crippen LogP contribution in [-0.4, -0.2) is 4.98 Å². The molecule has 1 heterocycles. The molecule has 1 unspecified atom stereocenters. The van der Waals surface area contributed by atoms with Gasteiger partial charge >= 0.3 is 0 Å². The van der Waals surface area contributed by atoms with E-state index in [4.69, 9.17) is 0 Å². The van der Waals surface area contributed by atoms with E-state index < -0.39 is 0 Å². The molecule has 0 aliphatic carbocycles. The van der Waals surface area contributed by atoms with Crippen molar-refractivity contribution >= 4 is 0 Å². The van der Waals surface area contributed by atoms with Crippen LogP contribution in [0.25, 0.3) is 0 Å². The summed E-state index contributed by atoms with van der Waals surface area (Å²) in [5, 5.41) is 0. The highest BCUT2D eigenvalue weighted by Gasteiger charge is 2.05. The van der Waals surface area contributed by atoms with Gasteiger partial charge in [-0.25, -0.2) is 4.39 Å². The molecule has 1 aromatic heterocycles. The van der Waals surface area contributed by atoms with E-state index in [1.807, 2.05) is 24.5 Å². The second kappa shape index (κ2) is 5.58. The number of rotatable bonds is 4. The first kappa shape index (κ1) is 11.8. The van der Waals surface area contributed by atoms with Crippen LogP contribution in [0.15, 0.2) is 48.8 Å². The quantitative estimate of drug-likeness (QED) is 0.773. The van der Waals surface area contributed by atoms with Crippen LogP contribution in [0.4, 0.5) is 4.39 Å². The van der Waals surface area contributed by atoms with Gasteiger partial charge in [-0.3, -0.25) is 4.98 Å². The Kier molecular flexibility index (Phi) is 3.86. The Morgan fingerprint density at radius 1 is 1.06 bits per heavy atom. The first-order valence-electron chi connectivity index (χ1n) is 5.90. The maximum Gasteiger partial charge on any atom is 0.123 e. The van der Waals surface area contributed by atoms with Gasteiger partial charge in [0.05, 0.1) is 0 Å². The number of halogens is 1. The van der Waals surface area contributed by atoms with Crippen molar-refractivity contribution in [2.45, 2.75) is 25.7 Å². The zero-order valence-corrected chi connectivity index (χ0v) is 9.94. The summed E-state index contributed by atoms with van der Waals surface area (Å²) in [5.41, 5.74) is 2.49. The number of aromatic nitrogens is 1. The highest BCUT2D eigenvalue weighted by Crippen LogP contribution is 2.20. The molecule has 0 amide bonds. The van der Waals surface area contributed by atoms with Crippen LogP contribution in [0.1, 0.15) is 30.4 Å². The summed E-state index contributed by atoms with van der Waals surface area (Å²) in [4.78, 5) is 4.01. The van der Waals surface area contributed by atoms with Gasteiger partial charge in [-0.1, -0.05) is 19.1 Å². The first-order valence-corrected chi connectivity index (χ1v) is 5.90. The Morgan fingerprint density at radius 2 is 1.71 bits per heavy atom. The topological polar surface area (TPSA) is 12.9 Å². The molecular weight excluding hydrogens is 213 g/mol. The summed E-state index contributed by atoms with van der Waals surface area (Å²) in [6, 6.07) is 10.9. The maximum atomic E-state index is 12.7. The zero-order chi connectivity index (χ0) is 12.1. The first-order chi connectivity index (χ1) is 8.25. The van der Waals surface area contributed by atoms with Gasteiger partial charge in [0.2, 0.25) is 0 Å². The van der Waals surface area contributed by atoms with E-state index in [9.17, 15) is 4.39 Å². The van der Waals surface area contributed by atoms with Crippen LogP contribution in [0.2, 0.25) is 0 Å². The average Bonchev–Trinajstić information content (AvgIpc) is 2.39. The van der Waals surface area contributed by atoms with Crippen LogP contribution in [0.5, 0.6) is 0 Å². The Hall–Kier alpha value is -1.70. The number of aryl methyl sites for hydroxylation is 1. The molecule has 2 aromatic rings. The number of hydrogen-bond acceptors (Lipinski definition) is 1. The molecule has 0 aliphatic heterocycles. The average molecular weight is 229 g/mol. The molecule has 2 heteroatoms. The highest BCUT2D eigenvalue weighted by molar-refractivity contribution is 5.18. The standard InChI is InChI=1S/C15H16FN/c1-12(14-8-10-17-11-9-14)2-3-13-4-6-15(16)7-5-13/h4-12H,2-3H2,1H3. The molecule has 2 rings (SSSR count). The molecule has 1 atom stereocenters. The minimum absolute atomic E-state index is 0.170. The van der Waals surface area contributed by atoms with E-state index in [0.717, 1.165) is 12.8 Å². The lowest BCUT2D eigenvalue weighted by atomic mass is 9.95. The predicted octanol–water partition coefficient (Wildman–Crippen LogP) is 3.96. The molecule has 0 saturated carbocycles. The third-order valence-electron chi connectivity index (χ3n) is 3.05. The number of benzene rings is 1. The summed E-state index contributed by atoms with van der Waals surface area (Å²) >= 11 is 0. The number of pyridine rings is 1. The molecule has 17 heavy (non-hydrogen) atoms. The largest absolute Gasteiger partial charge is 0.265 e. The van der Waals surface area contributed by atoms with Crippen molar-refractivity contribution in [3.63, 3.8) is 0 Å². The summed E-state index contributed by atoms with van der Waals surface area (Å²) in [7, 11) is 0. The smallest absolute Gasteiger partial charge is 0.123 e. The van der Waals surface area contributed by atoms with E-state index in [0.29, 0.717) is 5.92 Å². The van der Waals surface area contributed by atoms with Gasteiger partial charge in [-0.2, -0.15) is 0 Å². The normalized spacial score (nSPS) is 12.4. The molecule has 1 aromatic carbocycles. The van der Waals surface area contributed by atoms with Crippen molar-refractivity contribution in [3.05, 3.63) is 65.7 Å². The van der Waals surface area contributed by atoms with Crippen molar-refractivity contribution in [2.75, 3.05) is 0 Å². The van der Waals surface area contributed by atoms with Crippen molar-refractivity contribution in [2.24, 2.45) is 0 Å². The fraction of sp³-hybridized carbons (Fsp3) is 0.267. The summed E-state index contributed by atoms with van der Waals surface area (Å²) < 4.78 is 12.7. The van der Waals surface area contributed by atoms with E-state index in [2.05, 4.69) is 24.0 Å². The molecule has 1 nitrogen and oxygen atoms in total. The SMILES string of the molecule is CC(CCc1ccc(F)cc1)c1ccncc1. The van der Waals surface area contributed by atoms with E-state index in [1.165, 1.54) is 23.3 Å². The monoisotopic (exact) mass is 229 g/mol. The minimum Gasteiger partial charge on any atom is -0.265 e. The lowest BCUT2D eigenvalue weighted by Gasteiger charge is -2.11. The van der Waals surface area contributed by atoms with Gasteiger partial charge in [0, 0.05) is 12.4 Å². The van der Waals surface area contributed by atoms with Crippen LogP contribution >= 0.6 is 0 Å². The van der Waals surface area contributed by atoms with E-state index in [-0.39, 0.29) is 5.82 Å². The van der Waals surface area contributed by atoms with Gasteiger partial charge in [-0.15, -0.1) is 0 Å². The highest BCUT2D eigenvalue weighted by atomic mass is 19.1. The molecule has 0 spiro atoms. The van der Waals surface area contributed by atoms with Gasteiger partial charge in [0.1, 0.15) is 5.82 Å². The van der Waals surface area contributed by atoms with Crippen molar-refractivity contribution < 1.29 is 4.39 Å². The zero-order valence-electron chi connectivity index (χ0n) is 9.94. The fourth-order valence-corrected chi connectivity index (χ4v) is 1.89.